The fourth-order valence-electron chi connectivity index (χ4n) is 2.12. The molecule has 5 heteroatoms. The van der Waals surface area contributed by atoms with E-state index in [1.807, 2.05) is 18.2 Å². The van der Waals surface area contributed by atoms with E-state index in [9.17, 15) is 4.39 Å². The maximum atomic E-state index is 12.9. The summed E-state index contributed by atoms with van der Waals surface area (Å²) >= 11 is 0. The molecular formula is C15H15FN2O2. The summed E-state index contributed by atoms with van der Waals surface area (Å²) in [4.78, 5) is 4.01. The van der Waals surface area contributed by atoms with Crippen molar-refractivity contribution < 1.29 is 13.9 Å². The van der Waals surface area contributed by atoms with Gasteiger partial charge in [-0.1, -0.05) is 6.07 Å². The van der Waals surface area contributed by atoms with E-state index in [2.05, 4.69) is 4.98 Å². The van der Waals surface area contributed by atoms with Crippen LogP contribution in [-0.4, -0.2) is 18.2 Å². The summed E-state index contributed by atoms with van der Waals surface area (Å²) in [6, 6.07) is 8.10. The molecule has 0 bridgehead atoms. The molecule has 1 aliphatic rings. The molecule has 1 aliphatic heterocycles. The van der Waals surface area contributed by atoms with Crippen LogP contribution in [0.4, 0.5) is 4.39 Å². The van der Waals surface area contributed by atoms with Crippen LogP contribution in [0.25, 0.3) is 0 Å². The second kappa shape index (κ2) is 5.46. The number of benzene rings is 1. The second-order valence-electron chi connectivity index (χ2n) is 4.64. The number of nitrogens with zero attached hydrogens (tertiary/aromatic N) is 1. The van der Waals surface area contributed by atoms with Crippen LogP contribution < -0.4 is 15.2 Å². The Hall–Kier alpha value is -2.14. The first kappa shape index (κ1) is 12.9. The third-order valence-corrected chi connectivity index (χ3v) is 3.20. The van der Waals surface area contributed by atoms with Crippen molar-refractivity contribution in [2.45, 2.75) is 12.5 Å². The van der Waals surface area contributed by atoms with E-state index in [1.165, 1.54) is 6.07 Å². The van der Waals surface area contributed by atoms with E-state index in [4.69, 9.17) is 15.2 Å². The number of ether oxygens (including phenoxy) is 2. The van der Waals surface area contributed by atoms with Gasteiger partial charge in [-0.25, -0.2) is 4.39 Å². The molecule has 0 saturated carbocycles. The molecule has 1 aromatic heterocycles. The van der Waals surface area contributed by atoms with Crippen molar-refractivity contribution in [2.24, 2.45) is 5.73 Å². The Morgan fingerprint density at radius 2 is 1.90 bits per heavy atom. The predicted octanol–water partition coefficient (Wildman–Crippen LogP) is 2.43. The van der Waals surface area contributed by atoms with Gasteiger partial charge >= 0.3 is 0 Å². The Kier molecular flexibility index (Phi) is 3.52. The maximum Gasteiger partial charge on any atom is 0.161 e. The lowest BCUT2D eigenvalue weighted by Gasteiger charge is -2.14. The van der Waals surface area contributed by atoms with Gasteiger partial charge < -0.3 is 15.2 Å². The Labute approximate surface area is 116 Å². The average Bonchev–Trinajstić information content (AvgIpc) is 2.71. The first-order chi connectivity index (χ1) is 9.74. The van der Waals surface area contributed by atoms with Crippen molar-refractivity contribution in [3.63, 3.8) is 0 Å². The number of hydrogen-bond donors (Lipinski definition) is 1. The highest BCUT2D eigenvalue weighted by Crippen LogP contribution is 2.32. The molecule has 1 aromatic carbocycles. The minimum absolute atomic E-state index is 0.375. The zero-order valence-corrected chi connectivity index (χ0v) is 10.9. The van der Waals surface area contributed by atoms with Crippen LogP contribution in [-0.2, 0) is 0 Å². The van der Waals surface area contributed by atoms with Crippen molar-refractivity contribution in [3.05, 3.63) is 53.6 Å². The number of aromatic nitrogens is 1. The highest BCUT2D eigenvalue weighted by molar-refractivity contribution is 5.45. The molecule has 2 heterocycles. The lowest BCUT2D eigenvalue weighted by Crippen LogP contribution is -2.13. The fraction of sp³-hybridized carbons (Fsp3) is 0.267. The fourth-order valence-corrected chi connectivity index (χ4v) is 2.12. The highest BCUT2D eigenvalue weighted by Gasteiger charge is 2.15. The number of fused-ring (bicyclic) bond motifs is 1. The molecule has 4 nitrogen and oxygen atoms in total. The SMILES string of the molecule is NC(c1ccc2c(c1)OCCCO2)c1ccc(F)cn1. The minimum Gasteiger partial charge on any atom is -0.490 e. The van der Waals surface area contributed by atoms with E-state index >= 15 is 0 Å². The normalized spacial score (nSPS) is 15.5. The molecule has 0 fully saturated rings. The van der Waals surface area contributed by atoms with E-state index < -0.39 is 6.04 Å². The number of pyridine rings is 1. The van der Waals surface area contributed by atoms with E-state index in [-0.39, 0.29) is 5.82 Å². The summed E-state index contributed by atoms with van der Waals surface area (Å²) in [6.45, 7) is 1.28. The van der Waals surface area contributed by atoms with Crippen LogP contribution in [0.3, 0.4) is 0 Å². The van der Waals surface area contributed by atoms with Gasteiger partial charge in [-0.05, 0) is 29.8 Å². The first-order valence-electron chi connectivity index (χ1n) is 6.50. The quantitative estimate of drug-likeness (QED) is 0.913. The lowest BCUT2D eigenvalue weighted by atomic mass is 10.0. The third-order valence-electron chi connectivity index (χ3n) is 3.20. The molecule has 0 saturated heterocycles. The highest BCUT2D eigenvalue weighted by atomic mass is 19.1. The lowest BCUT2D eigenvalue weighted by molar-refractivity contribution is 0.297. The number of hydrogen-bond acceptors (Lipinski definition) is 4. The number of rotatable bonds is 2. The van der Waals surface area contributed by atoms with Crippen LogP contribution in [0.15, 0.2) is 36.5 Å². The number of nitrogens with two attached hydrogens (primary N) is 1. The second-order valence-corrected chi connectivity index (χ2v) is 4.64. The zero-order valence-electron chi connectivity index (χ0n) is 10.9. The van der Waals surface area contributed by atoms with Crippen molar-refractivity contribution >= 4 is 0 Å². The minimum atomic E-state index is -0.423. The summed E-state index contributed by atoms with van der Waals surface area (Å²) < 4.78 is 24.1. The van der Waals surface area contributed by atoms with E-state index in [0.29, 0.717) is 24.7 Å². The van der Waals surface area contributed by atoms with Crippen LogP contribution in [0.5, 0.6) is 11.5 Å². The van der Waals surface area contributed by atoms with Crippen LogP contribution in [0, 0.1) is 5.82 Å². The van der Waals surface area contributed by atoms with Crippen molar-refractivity contribution in [1.82, 2.24) is 4.98 Å². The van der Waals surface area contributed by atoms with Crippen LogP contribution in [0.1, 0.15) is 23.7 Å². The van der Waals surface area contributed by atoms with Crippen molar-refractivity contribution in [1.29, 1.82) is 0 Å². The Balaban J connectivity index is 1.90. The molecule has 1 unspecified atom stereocenters. The Morgan fingerprint density at radius 3 is 2.65 bits per heavy atom. The van der Waals surface area contributed by atoms with E-state index in [1.54, 1.807) is 6.07 Å². The molecular weight excluding hydrogens is 259 g/mol. The van der Waals surface area contributed by atoms with Gasteiger partial charge in [0, 0.05) is 6.42 Å². The average molecular weight is 274 g/mol. The number of halogens is 1. The maximum absolute atomic E-state index is 12.9. The van der Waals surface area contributed by atoms with Crippen LogP contribution in [0.2, 0.25) is 0 Å². The summed E-state index contributed by atoms with van der Waals surface area (Å²) in [5.74, 6) is 1.04. The molecule has 20 heavy (non-hydrogen) atoms. The molecule has 0 amide bonds. The van der Waals surface area contributed by atoms with Gasteiger partial charge in [0.2, 0.25) is 0 Å². The third kappa shape index (κ3) is 2.58. The largest absolute Gasteiger partial charge is 0.490 e. The van der Waals surface area contributed by atoms with Gasteiger partial charge in [0.15, 0.2) is 11.5 Å². The predicted molar refractivity (Wildman–Crippen MR) is 72.3 cm³/mol. The smallest absolute Gasteiger partial charge is 0.161 e. The van der Waals surface area contributed by atoms with Crippen LogP contribution >= 0.6 is 0 Å². The molecule has 104 valence electrons. The summed E-state index contributed by atoms with van der Waals surface area (Å²) in [7, 11) is 0. The molecule has 0 radical (unpaired) electrons. The Morgan fingerprint density at radius 1 is 1.10 bits per heavy atom. The van der Waals surface area contributed by atoms with Gasteiger partial charge in [0.1, 0.15) is 5.82 Å². The van der Waals surface area contributed by atoms with Gasteiger partial charge in [-0.15, -0.1) is 0 Å². The van der Waals surface area contributed by atoms with Crippen molar-refractivity contribution in [3.8, 4) is 11.5 Å². The Bertz CT molecular complexity index is 601. The molecule has 3 rings (SSSR count). The van der Waals surface area contributed by atoms with Gasteiger partial charge in [-0.3, -0.25) is 4.98 Å². The summed E-state index contributed by atoms with van der Waals surface area (Å²) in [5.41, 5.74) is 7.62. The van der Waals surface area contributed by atoms with Gasteiger partial charge in [-0.2, -0.15) is 0 Å². The molecule has 2 aromatic rings. The topological polar surface area (TPSA) is 57.4 Å². The monoisotopic (exact) mass is 274 g/mol. The summed E-state index contributed by atoms with van der Waals surface area (Å²) in [6.07, 6.45) is 2.02. The van der Waals surface area contributed by atoms with Crippen molar-refractivity contribution in [2.75, 3.05) is 13.2 Å². The van der Waals surface area contributed by atoms with E-state index in [0.717, 1.165) is 23.9 Å². The first-order valence-corrected chi connectivity index (χ1v) is 6.50. The molecule has 0 spiro atoms. The molecule has 0 aliphatic carbocycles. The molecule has 1 atom stereocenters. The molecule has 2 N–H and O–H groups in total. The summed E-state index contributed by atoms with van der Waals surface area (Å²) in [5, 5.41) is 0. The zero-order chi connectivity index (χ0) is 13.9. The van der Waals surface area contributed by atoms with Gasteiger partial charge in [0.05, 0.1) is 31.1 Å². The van der Waals surface area contributed by atoms with Gasteiger partial charge in [0.25, 0.3) is 0 Å². The standard InChI is InChI=1S/C15H15FN2O2/c16-11-3-4-12(18-9-11)15(17)10-2-5-13-14(8-10)20-7-1-6-19-13/h2-5,8-9,15H,1,6-7,17H2.